The summed E-state index contributed by atoms with van der Waals surface area (Å²) in [5, 5.41) is 2.59. The summed E-state index contributed by atoms with van der Waals surface area (Å²) < 4.78 is 11.4. The van der Waals surface area contributed by atoms with Gasteiger partial charge in [-0.1, -0.05) is 22.0 Å². The van der Waals surface area contributed by atoms with Gasteiger partial charge in [0.25, 0.3) is 0 Å². The molecule has 1 amide bonds. The first-order chi connectivity index (χ1) is 8.86. The Hall–Kier alpha value is -1.07. The van der Waals surface area contributed by atoms with Crippen LogP contribution in [0, 0.1) is 6.92 Å². The molecule has 0 aliphatic heterocycles. The maximum absolute atomic E-state index is 10.9. The van der Waals surface area contributed by atoms with Crippen LogP contribution in [0.15, 0.2) is 22.7 Å². The minimum Gasteiger partial charge on any atom is -0.453 e. The fourth-order valence-electron chi connectivity index (χ4n) is 1.91. The minimum atomic E-state index is -0.443. The molecule has 106 valence electrons. The van der Waals surface area contributed by atoms with E-state index in [1.54, 1.807) is 0 Å². The Morgan fingerprint density at radius 1 is 1.42 bits per heavy atom. The first kappa shape index (κ1) is 16.0. The second-order valence-electron chi connectivity index (χ2n) is 4.74. The molecule has 0 aromatic heterocycles. The molecule has 0 aliphatic carbocycles. The first-order valence-corrected chi connectivity index (χ1v) is 6.88. The van der Waals surface area contributed by atoms with E-state index in [9.17, 15) is 4.79 Å². The lowest BCUT2D eigenvalue weighted by molar-refractivity contribution is -0.0199. The molecule has 5 heteroatoms. The number of hydrogen-bond acceptors (Lipinski definition) is 3. The van der Waals surface area contributed by atoms with Gasteiger partial charge in [-0.05, 0) is 44.0 Å². The summed E-state index contributed by atoms with van der Waals surface area (Å²) in [7, 11) is 1.34. The number of aryl methyl sites for hydroxylation is 1. The van der Waals surface area contributed by atoms with Crippen LogP contribution in [0.5, 0.6) is 0 Å². The van der Waals surface area contributed by atoms with Crippen LogP contribution in [0.4, 0.5) is 4.79 Å². The average Bonchev–Trinajstić information content (AvgIpc) is 2.33. The van der Waals surface area contributed by atoms with Gasteiger partial charge in [0.1, 0.15) is 0 Å². The highest BCUT2D eigenvalue weighted by Crippen LogP contribution is 2.29. The zero-order valence-electron chi connectivity index (χ0n) is 11.7. The minimum absolute atomic E-state index is 0.400. The van der Waals surface area contributed by atoms with Crippen LogP contribution >= 0.6 is 15.9 Å². The third kappa shape index (κ3) is 4.84. The second-order valence-corrected chi connectivity index (χ2v) is 5.65. The van der Waals surface area contributed by atoms with Gasteiger partial charge in [0.2, 0.25) is 0 Å². The molecule has 4 nitrogen and oxygen atoms in total. The van der Waals surface area contributed by atoms with Crippen LogP contribution in [0.2, 0.25) is 0 Å². The Balaban J connectivity index is 2.58. The third-order valence-electron chi connectivity index (χ3n) is 2.86. The molecule has 0 spiro atoms. The summed E-state index contributed by atoms with van der Waals surface area (Å²) in [5.41, 5.74) is 1.90. The maximum atomic E-state index is 10.9. The van der Waals surface area contributed by atoms with Gasteiger partial charge in [-0.25, -0.2) is 4.79 Å². The number of halogens is 1. The zero-order valence-corrected chi connectivity index (χ0v) is 13.3. The van der Waals surface area contributed by atoms with Gasteiger partial charge in [-0.15, -0.1) is 0 Å². The first-order valence-electron chi connectivity index (χ1n) is 6.09. The highest BCUT2D eigenvalue weighted by Gasteiger charge is 2.23. The topological polar surface area (TPSA) is 47.6 Å². The number of benzene rings is 1. The summed E-state index contributed by atoms with van der Waals surface area (Å²) >= 11 is 3.45. The fraction of sp³-hybridized carbons (Fsp3) is 0.500. The summed E-state index contributed by atoms with van der Waals surface area (Å²) in [6.45, 7) is 6.93. The van der Waals surface area contributed by atoms with Crippen LogP contribution in [0.3, 0.4) is 0 Å². The van der Waals surface area contributed by atoms with Gasteiger partial charge in [0, 0.05) is 11.0 Å². The van der Waals surface area contributed by atoms with Crippen molar-refractivity contribution >= 4 is 22.0 Å². The molecule has 0 fully saturated rings. The van der Waals surface area contributed by atoms with Crippen molar-refractivity contribution in [3.05, 3.63) is 33.8 Å². The number of carbonyl (C=O) groups is 1. The molecular weight excluding hydrogens is 310 g/mol. The van der Waals surface area contributed by atoms with E-state index >= 15 is 0 Å². The Morgan fingerprint density at radius 2 is 2.11 bits per heavy atom. The molecule has 0 aliphatic rings. The van der Waals surface area contributed by atoms with Crippen LogP contribution in [0.25, 0.3) is 0 Å². The van der Waals surface area contributed by atoms with E-state index in [1.807, 2.05) is 26.0 Å². The van der Waals surface area contributed by atoms with Crippen molar-refractivity contribution in [3.8, 4) is 0 Å². The molecule has 0 saturated heterocycles. The van der Waals surface area contributed by atoms with Crippen molar-refractivity contribution in [1.82, 2.24) is 5.32 Å². The smallest absolute Gasteiger partial charge is 0.406 e. The van der Waals surface area contributed by atoms with E-state index in [0.717, 1.165) is 10.0 Å². The van der Waals surface area contributed by atoms with Crippen LogP contribution in [-0.4, -0.2) is 26.4 Å². The number of carbonyl (C=O) groups excluding carboxylic acids is 1. The molecule has 0 radical (unpaired) electrons. The summed E-state index contributed by atoms with van der Waals surface area (Å²) in [6.07, 6.45) is -0.443. The van der Waals surface area contributed by atoms with Crippen LogP contribution in [0.1, 0.15) is 25.0 Å². The van der Waals surface area contributed by atoms with Crippen molar-refractivity contribution in [2.45, 2.75) is 26.4 Å². The van der Waals surface area contributed by atoms with E-state index in [4.69, 9.17) is 4.74 Å². The number of nitrogens with one attached hydrogen (secondary N) is 1. The molecule has 1 N–H and O–H groups in total. The van der Waals surface area contributed by atoms with Gasteiger partial charge >= 0.3 is 6.09 Å². The highest BCUT2D eigenvalue weighted by molar-refractivity contribution is 9.10. The van der Waals surface area contributed by atoms with Gasteiger partial charge in [-0.2, -0.15) is 0 Å². The molecule has 0 saturated carbocycles. The van der Waals surface area contributed by atoms with Crippen molar-refractivity contribution in [2.75, 3.05) is 20.3 Å². The van der Waals surface area contributed by atoms with Gasteiger partial charge in [0.05, 0.1) is 19.3 Å². The Bertz CT molecular complexity index is 446. The van der Waals surface area contributed by atoms with Crippen molar-refractivity contribution < 1.29 is 14.3 Å². The molecule has 0 atom stereocenters. The molecule has 1 rings (SSSR count). The summed E-state index contributed by atoms with van der Waals surface area (Å²) in [6, 6.07) is 6.11. The maximum Gasteiger partial charge on any atom is 0.406 e. The monoisotopic (exact) mass is 329 g/mol. The molecule has 0 heterocycles. The number of rotatable bonds is 5. The van der Waals surface area contributed by atoms with Crippen molar-refractivity contribution in [1.29, 1.82) is 0 Å². The quantitative estimate of drug-likeness (QED) is 0.842. The average molecular weight is 330 g/mol. The van der Waals surface area contributed by atoms with Gasteiger partial charge in [0.15, 0.2) is 0 Å². The predicted octanol–water partition coefficient (Wildman–Crippen LogP) is 3.37. The standard InChI is InChI=1S/C14H20BrNO3/c1-10-9-11(15)5-6-12(10)14(2,3)19-8-7-16-13(17)18-4/h5-6,9H,7-8H2,1-4H3,(H,16,17). The Morgan fingerprint density at radius 3 is 2.68 bits per heavy atom. The number of alkyl carbamates (subject to hydrolysis) is 1. The zero-order chi connectivity index (χ0) is 14.5. The van der Waals surface area contributed by atoms with Crippen molar-refractivity contribution in [3.63, 3.8) is 0 Å². The number of ether oxygens (including phenoxy) is 2. The summed E-state index contributed by atoms with van der Waals surface area (Å²) in [4.78, 5) is 10.9. The third-order valence-corrected chi connectivity index (χ3v) is 3.35. The number of amides is 1. The van der Waals surface area contributed by atoms with Gasteiger partial charge in [-0.3, -0.25) is 0 Å². The Kier molecular flexibility index (Phi) is 5.82. The van der Waals surface area contributed by atoms with Crippen LogP contribution in [-0.2, 0) is 15.1 Å². The molecule has 1 aromatic rings. The molecule has 1 aromatic carbocycles. The lowest BCUT2D eigenvalue weighted by Gasteiger charge is -2.27. The van der Waals surface area contributed by atoms with E-state index < -0.39 is 11.7 Å². The van der Waals surface area contributed by atoms with E-state index in [0.29, 0.717) is 13.2 Å². The SMILES string of the molecule is COC(=O)NCCOC(C)(C)c1ccc(Br)cc1C. The molecule has 0 bridgehead atoms. The predicted molar refractivity (Wildman–Crippen MR) is 78.3 cm³/mol. The van der Waals surface area contributed by atoms with E-state index in [1.165, 1.54) is 12.7 Å². The lowest BCUT2D eigenvalue weighted by Crippen LogP contribution is -2.31. The highest BCUT2D eigenvalue weighted by atomic mass is 79.9. The summed E-state index contributed by atoms with van der Waals surface area (Å²) in [5.74, 6) is 0. The molecule has 19 heavy (non-hydrogen) atoms. The second kappa shape index (κ2) is 6.91. The van der Waals surface area contributed by atoms with Crippen molar-refractivity contribution in [2.24, 2.45) is 0 Å². The lowest BCUT2D eigenvalue weighted by atomic mass is 9.94. The molecule has 0 unspecified atom stereocenters. The molecular formula is C14H20BrNO3. The number of methoxy groups -OCH3 is 1. The number of hydrogen-bond donors (Lipinski definition) is 1. The van der Waals surface area contributed by atoms with Gasteiger partial charge < -0.3 is 14.8 Å². The van der Waals surface area contributed by atoms with E-state index in [2.05, 4.69) is 39.0 Å². The normalized spacial score (nSPS) is 11.2. The Labute approximate surface area is 122 Å². The fourth-order valence-corrected chi connectivity index (χ4v) is 2.39. The van der Waals surface area contributed by atoms with E-state index in [-0.39, 0.29) is 0 Å². The largest absolute Gasteiger partial charge is 0.453 e. The van der Waals surface area contributed by atoms with Crippen LogP contribution < -0.4 is 5.32 Å².